The number of alkyl halides is 2. The highest BCUT2D eigenvalue weighted by Gasteiger charge is 2.09. The van der Waals surface area contributed by atoms with Crippen LogP contribution >= 0.6 is 35.7 Å². The smallest absolute Gasteiger partial charge is 0.387 e. The number of nitrogens with zero attached hydrogens (tertiary/aromatic N) is 1. The SMILES string of the molecule is CN=C(NCCCCSC)NCc1ccccc1OC(F)F.I. The summed E-state index contributed by atoms with van der Waals surface area (Å²) in [6.07, 6.45) is 4.30. The molecule has 0 radical (unpaired) electrons. The lowest BCUT2D eigenvalue weighted by Crippen LogP contribution is -2.37. The van der Waals surface area contributed by atoms with Gasteiger partial charge >= 0.3 is 6.61 Å². The van der Waals surface area contributed by atoms with Crippen molar-refractivity contribution < 1.29 is 13.5 Å². The number of para-hydroxylation sites is 1. The number of aliphatic imine (C=N–C) groups is 1. The normalized spacial score (nSPS) is 11.1. The van der Waals surface area contributed by atoms with Crippen molar-refractivity contribution in [3.05, 3.63) is 29.8 Å². The maximum atomic E-state index is 12.4. The number of guanidine groups is 1. The summed E-state index contributed by atoms with van der Waals surface area (Å²) in [7, 11) is 1.68. The van der Waals surface area contributed by atoms with Crippen molar-refractivity contribution in [2.24, 2.45) is 4.99 Å². The minimum atomic E-state index is -2.82. The number of ether oxygens (including phenoxy) is 1. The van der Waals surface area contributed by atoms with Gasteiger partial charge in [0.05, 0.1) is 0 Å². The number of hydrogen-bond donors (Lipinski definition) is 2. The van der Waals surface area contributed by atoms with Gasteiger partial charge in [-0.25, -0.2) is 0 Å². The fraction of sp³-hybridized carbons (Fsp3) is 0.533. The molecule has 0 aromatic heterocycles. The Labute approximate surface area is 157 Å². The molecule has 0 unspecified atom stereocenters. The van der Waals surface area contributed by atoms with Crippen molar-refractivity contribution in [1.82, 2.24) is 10.6 Å². The first-order valence-corrected chi connectivity index (χ1v) is 8.53. The van der Waals surface area contributed by atoms with E-state index in [1.54, 1.807) is 25.2 Å². The van der Waals surface area contributed by atoms with Crippen molar-refractivity contribution in [2.75, 3.05) is 25.6 Å². The lowest BCUT2D eigenvalue weighted by atomic mass is 10.2. The number of nitrogens with one attached hydrogen (secondary N) is 2. The Morgan fingerprint density at radius 3 is 2.65 bits per heavy atom. The Morgan fingerprint density at radius 1 is 1.26 bits per heavy atom. The molecule has 0 aliphatic carbocycles. The molecule has 0 aliphatic rings. The molecule has 0 saturated carbocycles. The van der Waals surface area contributed by atoms with Crippen LogP contribution in [0.3, 0.4) is 0 Å². The third kappa shape index (κ3) is 9.85. The quantitative estimate of drug-likeness (QED) is 0.256. The Kier molecular flexibility index (Phi) is 13.2. The Bertz CT molecular complexity index is 464. The van der Waals surface area contributed by atoms with Gasteiger partial charge in [-0.2, -0.15) is 20.5 Å². The minimum absolute atomic E-state index is 0. The molecule has 4 nitrogen and oxygen atoms in total. The molecule has 1 aromatic carbocycles. The summed E-state index contributed by atoms with van der Waals surface area (Å²) in [6.45, 7) is -1.63. The molecule has 0 bridgehead atoms. The van der Waals surface area contributed by atoms with E-state index < -0.39 is 6.61 Å². The maximum Gasteiger partial charge on any atom is 0.387 e. The van der Waals surface area contributed by atoms with Crippen LogP contribution in [0.1, 0.15) is 18.4 Å². The van der Waals surface area contributed by atoms with E-state index in [9.17, 15) is 8.78 Å². The summed E-state index contributed by atoms with van der Waals surface area (Å²) in [5, 5.41) is 6.30. The molecule has 2 N–H and O–H groups in total. The first kappa shape index (κ1) is 22.2. The van der Waals surface area contributed by atoms with Crippen LogP contribution in [0, 0.1) is 0 Å². The van der Waals surface area contributed by atoms with Crippen LogP contribution in [0.15, 0.2) is 29.3 Å². The Hall–Kier alpha value is -0.770. The van der Waals surface area contributed by atoms with Gasteiger partial charge in [0.1, 0.15) is 5.75 Å². The zero-order chi connectivity index (χ0) is 16.2. The van der Waals surface area contributed by atoms with E-state index in [1.165, 1.54) is 6.07 Å². The second-order valence-corrected chi connectivity index (χ2v) is 5.52. The van der Waals surface area contributed by atoms with E-state index in [2.05, 4.69) is 26.6 Å². The van der Waals surface area contributed by atoms with E-state index in [1.807, 2.05) is 11.8 Å². The van der Waals surface area contributed by atoms with Crippen molar-refractivity contribution in [2.45, 2.75) is 26.0 Å². The van der Waals surface area contributed by atoms with E-state index in [0.717, 1.165) is 25.1 Å². The van der Waals surface area contributed by atoms with Crippen LogP contribution in [-0.2, 0) is 6.54 Å². The van der Waals surface area contributed by atoms with Gasteiger partial charge in [-0.15, -0.1) is 24.0 Å². The maximum absolute atomic E-state index is 12.4. The van der Waals surface area contributed by atoms with Crippen molar-refractivity contribution in [3.63, 3.8) is 0 Å². The van der Waals surface area contributed by atoms with Crippen molar-refractivity contribution in [3.8, 4) is 5.75 Å². The van der Waals surface area contributed by atoms with Gasteiger partial charge in [-0.1, -0.05) is 18.2 Å². The van der Waals surface area contributed by atoms with Crippen molar-refractivity contribution >= 4 is 41.7 Å². The summed E-state index contributed by atoms with van der Waals surface area (Å²) in [5.41, 5.74) is 0.660. The predicted molar refractivity (Wildman–Crippen MR) is 104 cm³/mol. The lowest BCUT2D eigenvalue weighted by molar-refractivity contribution is -0.0504. The average Bonchev–Trinajstić information content (AvgIpc) is 2.51. The van der Waals surface area contributed by atoms with Crippen LogP contribution in [0.25, 0.3) is 0 Å². The summed E-state index contributed by atoms with van der Waals surface area (Å²) < 4.78 is 29.2. The number of unbranched alkanes of at least 4 members (excludes halogenated alkanes) is 1. The highest BCUT2D eigenvalue weighted by Crippen LogP contribution is 2.19. The van der Waals surface area contributed by atoms with Gasteiger partial charge in [0.25, 0.3) is 0 Å². The highest BCUT2D eigenvalue weighted by atomic mass is 127. The zero-order valence-corrected chi connectivity index (χ0v) is 16.5. The van der Waals surface area contributed by atoms with Crippen molar-refractivity contribution in [1.29, 1.82) is 0 Å². The molecule has 1 rings (SSSR count). The third-order valence-electron chi connectivity index (χ3n) is 2.93. The number of halogens is 3. The highest BCUT2D eigenvalue weighted by molar-refractivity contribution is 14.0. The fourth-order valence-corrected chi connectivity index (χ4v) is 2.33. The van der Waals surface area contributed by atoms with Gasteiger partial charge in [0.2, 0.25) is 0 Å². The summed E-state index contributed by atoms with van der Waals surface area (Å²) in [6, 6.07) is 6.73. The molecule has 1 aromatic rings. The number of benzene rings is 1. The second-order valence-electron chi connectivity index (χ2n) is 4.54. The Morgan fingerprint density at radius 2 is 2.00 bits per heavy atom. The number of thioether (sulfide) groups is 1. The molecule has 23 heavy (non-hydrogen) atoms. The third-order valence-corrected chi connectivity index (χ3v) is 3.62. The molecule has 0 saturated heterocycles. The molecule has 0 atom stereocenters. The standard InChI is InChI=1S/C15H23F2N3OS.HI/c1-18-15(19-9-5-6-10-22-2)20-11-12-7-3-4-8-13(12)21-14(16)17;/h3-4,7-8,14H,5-6,9-11H2,1-2H3,(H2,18,19,20);1H. The van der Waals surface area contributed by atoms with Gasteiger partial charge < -0.3 is 15.4 Å². The Balaban J connectivity index is 0.00000484. The van der Waals surface area contributed by atoms with Crippen LogP contribution in [0.4, 0.5) is 8.78 Å². The van der Waals surface area contributed by atoms with Gasteiger partial charge in [-0.05, 0) is 30.9 Å². The molecule has 0 spiro atoms. The number of hydrogen-bond acceptors (Lipinski definition) is 3. The van der Waals surface area contributed by atoms with E-state index in [4.69, 9.17) is 0 Å². The van der Waals surface area contributed by atoms with E-state index in [0.29, 0.717) is 18.1 Å². The molecule has 8 heteroatoms. The molecular formula is C15H24F2IN3OS. The van der Waals surface area contributed by atoms with Crippen LogP contribution < -0.4 is 15.4 Å². The fourth-order valence-electron chi connectivity index (χ4n) is 1.84. The van der Waals surface area contributed by atoms with Gasteiger partial charge in [0.15, 0.2) is 5.96 Å². The minimum Gasteiger partial charge on any atom is -0.434 e. The first-order valence-electron chi connectivity index (χ1n) is 7.13. The number of rotatable bonds is 9. The van der Waals surface area contributed by atoms with Crippen LogP contribution in [-0.4, -0.2) is 38.2 Å². The monoisotopic (exact) mass is 459 g/mol. The van der Waals surface area contributed by atoms with Crippen LogP contribution in [0.5, 0.6) is 5.75 Å². The van der Waals surface area contributed by atoms with E-state index in [-0.39, 0.29) is 29.7 Å². The zero-order valence-electron chi connectivity index (χ0n) is 13.4. The lowest BCUT2D eigenvalue weighted by Gasteiger charge is -2.14. The summed E-state index contributed by atoms with van der Waals surface area (Å²) in [4.78, 5) is 4.11. The first-order chi connectivity index (χ1) is 10.7. The molecule has 132 valence electrons. The molecule has 0 aliphatic heterocycles. The van der Waals surface area contributed by atoms with Crippen LogP contribution in [0.2, 0.25) is 0 Å². The summed E-state index contributed by atoms with van der Waals surface area (Å²) in [5.74, 6) is 1.97. The molecule has 0 heterocycles. The topological polar surface area (TPSA) is 45.7 Å². The summed E-state index contributed by atoms with van der Waals surface area (Å²) >= 11 is 1.83. The average molecular weight is 459 g/mol. The molecular weight excluding hydrogens is 435 g/mol. The predicted octanol–water partition coefficient (Wildman–Crippen LogP) is 3.71. The van der Waals surface area contributed by atoms with E-state index >= 15 is 0 Å². The largest absolute Gasteiger partial charge is 0.434 e. The van der Waals surface area contributed by atoms with Gasteiger partial charge in [-0.3, -0.25) is 4.99 Å². The molecule has 0 amide bonds. The molecule has 0 fully saturated rings. The second kappa shape index (κ2) is 13.6. The van der Waals surface area contributed by atoms with Gasteiger partial charge in [0, 0.05) is 25.7 Å².